The van der Waals surface area contributed by atoms with Gasteiger partial charge in [0.15, 0.2) is 0 Å². The second-order valence-corrected chi connectivity index (χ2v) is 9.88. The summed E-state index contributed by atoms with van der Waals surface area (Å²) in [6, 6.07) is 9.21. The van der Waals surface area contributed by atoms with Crippen molar-refractivity contribution in [1.82, 2.24) is 4.31 Å². The second kappa shape index (κ2) is 8.54. The van der Waals surface area contributed by atoms with Crippen LogP contribution in [0.1, 0.15) is 17.7 Å². The molecule has 1 N–H and O–H groups in total. The summed E-state index contributed by atoms with van der Waals surface area (Å²) < 4.78 is 56.6. The molecule has 1 atom stereocenters. The van der Waals surface area contributed by atoms with E-state index in [0.717, 1.165) is 4.88 Å². The third kappa shape index (κ3) is 4.68. The summed E-state index contributed by atoms with van der Waals surface area (Å²) in [4.78, 5) is 13.5. The Labute approximate surface area is 166 Å². The first-order valence-electron chi connectivity index (χ1n) is 8.68. The van der Waals surface area contributed by atoms with E-state index in [1.807, 2.05) is 6.92 Å². The van der Waals surface area contributed by atoms with Crippen molar-refractivity contribution in [2.45, 2.75) is 30.6 Å². The fourth-order valence-electron chi connectivity index (χ4n) is 3.06. The molecule has 10 heteroatoms. The molecule has 1 unspecified atom stereocenters. The van der Waals surface area contributed by atoms with Crippen LogP contribution in [-0.4, -0.2) is 38.3 Å². The summed E-state index contributed by atoms with van der Waals surface area (Å²) in [5.41, 5.74) is 0.127. The number of nitrogens with zero attached hydrogens (tertiary/aromatic N) is 1. The maximum Gasteiger partial charge on any atom is 0.387 e. The predicted molar refractivity (Wildman–Crippen MR) is 102 cm³/mol. The average Bonchev–Trinajstić information content (AvgIpc) is 3.10. The van der Waals surface area contributed by atoms with E-state index in [2.05, 4.69) is 10.1 Å². The number of halogens is 2. The first-order chi connectivity index (χ1) is 13.3. The number of hydrogen-bond donors (Lipinski definition) is 1. The Hall–Kier alpha value is -2.04. The van der Waals surface area contributed by atoms with E-state index in [-0.39, 0.29) is 22.2 Å². The zero-order valence-electron chi connectivity index (χ0n) is 15.1. The summed E-state index contributed by atoms with van der Waals surface area (Å²) >= 11 is 1.19. The van der Waals surface area contributed by atoms with Gasteiger partial charge in [-0.25, -0.2) is 8.42 Å². The number of alkyl halides is 2. The van der Waals surface area contributed by atoms with Gasteiger partial charge in [-0.15, -0.1) is 11.3 Å². The van der Waals surface area contributed by atoms with Crippen LogP contribution in [-0.2, 0) is 14.8 Å². The molecule has 3 rings (SSSR count). The second-order valence-electron chi connectivity index (χ2n) is 6.43. The van der Waals surface area contributed by atoms with Gasteiger partial charge in [-0.3, -0.25) is 4.79 Å². The monoisotopic (exact) mass is 430 g/mol. The number of nitrogens with one attached hydrogen (secondary N) is 1. The van der Waals surface area contributed by atoms with Crippen LogP contribution >= 0.6 is 11.3 Å². The van der Waals surface area contributed by atoms with Gasteiger partial charge in [-0.1, -0.05) is 12.1 Å². The maximum absolute atomic E-state index is 12.8. The quantitative estimate of drug-likeness (QED) is 0.758. The smallest absolute Gasteiger partial charge is 0.387 e. The Morgan fingerprint density at radius 3 is 2.71 bits per heavy atom. The average molecular weight is 430 g/mol. The first kappa shape index (κ1) is 20.7. The molecule has 0 radical (unpaired) electrons. The number of aryl methyl sites for hydroxylation is 1. The first-order valence-corrected chi connectivity index (χ1v) is 10.9. The van der Waals surface area contributed by atoms with E-state index in [9.17, 15) is 22.0 Å². The number of hydrogen-bond acceptors (Lipinski definition) is 5. The summed E-state index contributed by atoms with van der Waals surface area (Å²) in [7, 11) is -3.66. The number of piperidine rings is 1. The van der Waals surface area contributed by atoms with Gasteiger partial charge >= 0.3 is 6.61 Å². The molecule has 0 spiro atoms. The summed E-state index contributed by atoms with van der Waals surface area (Å²) in [6.07, 6.45) is 1.05. The minimum Gasteiger partial charge on any atom is -0.433 e. The van der Waals surface area contributed by atoms with Crippen LogP contribution in [0.25, 0.3) is 0 Å². The highest BCUT2D eigenvalue weighted by Crippen LogP contribution is 2.30. The molecule has 28 heavy (non-hydrogen) atoms. The van der Waals surface area contributed by atoms with Crippen molar-refractivity contribution in [2.75, 3.05) is 18.4 Å². The van der Waals surface area contributed by atoms with Crippen LogP contribution in [0.2, 0.25) is 0 Å². The molecule has 6 nitrogen and oxygen atoms in total. The Balaban J connectivity index is 1.72. The van der Waals surface area contributed by atoms with Crippen molar-refractivity contribution in [3.63, 3.8) is 0 Å². The van der Waals surface area contributed by atoms with Crippen molar-refractivity contribution in [3.8, 4) is 5.75 Å². The summed E-state index contributed by atoms with van der Waals surface area (Å²) in [5, 5.41) is 2.59. The Kier molecular flexibility index (Phi) is 6.31. The van der Waals surface area contributed by atoms with E-state index in [4.69, 9.17) is 0 Å². The highest BCUT2D eigenvalue weighted by molar-refractivity contribution is 7.91. The van der Waals surface area contributed by atoms with Gasteiger partial charge in [0.1, 0.15) is 9.96 Å². The third-order valence-corrected chi connectivity index (χ3v) is 7.76. The van der Waals surface area contributed by atoms with Crippen molar-refractivity contribution in [3.05, 3.63) is 41.3 Å². The Morgan fingerprint density at radius 1 is 1.29 bits per heavy atom. The van der Waals surface area contributed by atoms with Gasteiger partial charge in [0.05, 0.1) is 11.6 Å². The van der Waals surface area contributed by atoms with E-state index in [1.54, 1.807) is 18.2 Å². The van der Waals surface area contributed by atoms with Crippen molar-refractivity contribution in [2.24, 2.45) is 5.92 Å². The molecule has 1 fully saturated rings. The number of para-hydroxylation sites is 2. The number of sulfonamides is 1. The van der Waals surface area contributed by atoms with Gasteiger partial charge in [-0.2, -0.15) is 13.1 Å². The van der Waals surface area contributed by atoms with E-state index in [0.29, 0.717) is 19.4 Å². The predicted octanol–water partition coefficient (Wildman–Crippen LogP) is 3.70. The van der Waals surface area contributed by atoms with Crippen molar-refractivity contribution >= 4 is 33.0 Å². The zero-order valence-corrected chi connectivity index (χ0v) is 16.7. The van der Waals surface area contributed by atoms with Crippen molar-refractivity contribution < 1.29 is 26.7 Å². The van der Waals surface area contributed by atoms with E-state index >= 15 is 0 Å². The standard InChI is InChI=1S/C18H20F2N2O4S2/c1-12-8-9-16(27-12)28(24,25)22-10-4-5-13(11-22)17(23)21-14-6-2-3-7-15(14)26-18(19)20/h2-3,6-9,13,18H,4-5,10-11H2,1H3,(H,21,23). The zero-order chi connectivity index (χ0) is 20.3. The van der Waals surface area contributed by atoms with Crippen LogP contribution in [0.4, 0.5) is 14.5 Å². The van der Waals surface area contributed by atoms with Crippen LogP contribution in [0, 0.1) is 12.8 Å². The molecule has 1 aromatic heterocycles. The molecule has 1 aromatic carbocycles. The van der Waals surface area contributed by atoms with Crippen LogP contribution in [0.3, 0.4) is 0 Å². The Morgan fingerprint density at radius 2 is 2.04 bits per heavy atom. The van der Waals surface area contributed by atoms with Gasteiger partial charge in [0.25, 0.3) is 10.0 Å². The molecule has 1 aliphatic heterocycles. The minimum atomic E-state index is -3.66. The third-order valence-electron chi connectivity index (χ3n) is 4.43. The fourth-order valence-corrected chi connectivity index (χ4v) is 6.02. The lowest BCUT2D eigenvalue weighted by molar-refractivity contribution is -0.121. The Bertz CT molecular complexity index is 947. The lowest BCUT2D eigenvalue weighted by Crippen LogP contribution is -2.43. The number of anilines is 1. The molecular weight excluding hydrogens is 410 g/mol. The highest BCUT2D eigenvalue weighted by atomic mass is 32.2. The number of carbonyl (C=O) groups is 1. The number of carbonyl (C=O) groups excluding carboxylic acids is 1. The molecule has 1 aliphatic rings. The highest BCUT2D eigenvalue weighted by Gasteiger charge is 2.34. The molecule has 0 bridgehead atoms. The number of ether oxygens (including phenoxy) is 1. The maximum atomic E-state index is 12.8. The molecule has 2 heterocycles. The molecule has 1 saturated heterocycles. The van der Waals surface area contributed by atoms with Gasteiger partial charge in [0.2, 0.25) is 5.91 Å². The number of thiophene rings is 1. The summed E-state index contributed by atoms with van der Waals surface area (Å²) in [5.74, 6) is -1.14. The van der Waals surface area contributed by atoms with Crippen LogP contribution < -0.4 is 10.1 Å². The molecular formula is C18H20F2N2O4S2. The number of benzene rings is 1. The molecule has 0 aliphatic carbocycles. The molecule has 0 saturated carbocycles. The molecule has 152 valence electrons. The van der Waals surface area contributed by atoms with Gasteiger partial charge in [0, 0.05) is 18.0 Å². The van der Waals surface area contributed by atoms with Crippen LogP contribution in [0.5, 0.6) is 5.75 Å². The van der Waals surface area contributed by atoms with Gasteiger partial charge in [-0.05, 0) is 44.0 Å². The van der Waals surface area contributed by atoms with E-state index in [1.165, 1.54) is 33.8 Å². The van der Waals surface area contributed by atoms with Crippen LogP contribution in [0.15, 0.2) is 40.6 Å². The fraction of sp³-hybridized carbons (Fsp3) is 0.389. The van der Waals surface area contributed by atoms with Crippen molar-refractivity contribution in [1.29, 1.82) is 0 Å². The topological polar surface area (TPSA) is 75.7 Å². The molecule has 1 amide bonds. The largest absolute Gasteiger partial charge is 0.433 e. The number of rotatable bonds is 6. The summed E-state index contributed by atoms with van der Waals surface area (Å²) in [6.45, 7) is -0.797. The SMILES string of the molecule is Cc1ccc(S(=O)(=O)N2CCCC(C(=O)Nc3ccccc3OC(F)F)C2)s1. The normalized spacial score (nSPS) is 18.2. The lowest BCUT2D eigenvalue weighted by Gasteiger charge is -2.30. The minimum absolute atomic E-state index is 0.0446. The van der Waals surface area contributed by atoms with E-state index < -0.39 is 28.5 Å². The molecule has 2 aromatic rings. The lowest BCUT2D eigenvalue weighted by atomic mass is 9.98. The number of amides is 1. The van der Waals surface area contributed by atoms with Gasteiger partial charge < -0.3 is 10.1 Å².